The van der Waals surface area contributed by atoms with Crippen LogP contribution in [-0.4, -0.2) is 121 Å². The summed E-state index contributed by atoms with van der Waals surface area (Å²) < 4.78 is 115. The molecule has 1 saturated heterocycles. The van der Waals surface area contributed by atoms with Crippen LogP contribution in [0.25, 0.3) is 6.08 Å². The summed E-state index contributed by atoms with van der Waals surface area (Å²) in [5.41, 5.74) is 6.86. The van der Waals surface area contributed by atoms with Crippen LogP contribution in [0.3, 0.4) is 0 Å². The van der Waals surface area contributed by atoms with E-state index >= 15 is 0 Å². The summed E-state index contributed by atoms with van der Waals surface area (Å²) in [7, 11) is -12.8. The number of thiol groups is 1. The molecule has 582 valence electrons. The van der Waals surface area contributed by atoms with E-state index in [1.807, 2.05) is 63.7 Å². The molecule has 6 aliphatic carbocycles. The number of aliphatic hydroxyl groups is 2. The van der Waals surface area contributed by atoms with Gasteiger partial charge in [0.1, 0.15) is 5.60 Å². The van der Waals surface area contributed by atoms with Crippen LogP contribution in [0.2, 0.25) is 0 Å². The quantitative estimate of drug-likeness (QED) is 0.0173. The van der Waals surface area contributed by atoms with Gasteiger partial charge in [-0.2, -0.15) is 0 Å². The topological polar surface area (TPSA) is 260 Å². The largest absolute Gasteiger partial charge is 0.486 e. The normalized spacial score (nSPS) is 17.6. The number of halogens is 4. The number of alkyl carbamates (subject to hydrolysis) is 1. The standard InChI is InChI=1S/C17H25NO5S.C12H17NO3S.C12H14O2S.C10H11BrO2S.C10H11BrS.C8H15BO2.C6H5BrS.C4H7Br/c1-17(2,3)23-16(20)18-15(10-19)13-6-8-14(9-7-13)24(21,22)11-12-4-5-12;13-12(7-14)10-3-5-11(6-4-10)17(15,16)8-9-1-2-9;1-2-10-5-7-12(8-6-10)15(13,14)9-11-3-4-11;11-9-3-5-10(6-4-9)14(12,13)7-8-1-2-8;11-9-3-5-10(6-4-9)12-7-8-1-2-8;1-6-9-10-7(2,3)8(4,5)11-9;7-5-1-3-6(8)4-2-5;5-3-4-1-2-4/h6-9,12,15,19H,4-5,10-11H2,1-3H3,(H,18,20);3-6,9,12,14H,1-2,7-8,13H2;2,5-8,11H,1,3-4,9H2;3-6,8H,1-2,7H2;3-6,8H,1-2,7H2;6H,1H2,2-5H3;1-4,8H;4H,1-3H2/t15-;12-;;;;;;/m00....../s1. The Bertz CT molecular complexity index is 4150. The smallest absolute Gasteiger partial charge is 0.444 e. The van der Waals surface area contributed by atoms with Crippen molar-refractivity contribution in [1.29, 1.82) is 0 Å². The SMILES string of the molecule is BrCC1CC1.Brc1ccc(SCC2CC2)cc1.C=CB1OC(C)(C)C(C)(C)O1.C=Cc1ccc(S(=O)(=O)CC2CC2)cc1.CC(C)(C)OC(=O)N[C@@H](CO)c1ccc(S(=O)(=O)CC2CC2)cc1.N[C@@H](CO)c1ccc(S(=O)(=O)CC2CC2)cc1.O=S(=O)(CC1CC1)c1ccc(Br)cc1.Sc1ccc(Br)cc1. The van der Waals surface area contributed by atoms with Crippen molar-refractivity contribution in [3.63, 3.8) is 0 Å². The van der Waals surface area contributed by atoms with E-state index < -0.39 is 63.1 Å². The molecular formula is C79H105BBr4N2O14S6. The first kappa shape index (κ1) is 91.2. The van der Waals surface area contributed by atoms with Crippen LogP contribution in [0, 0.1) is 35.5 Å². The lowest BCUT2D eigenvalue weighted by atomic mass is 9.90. The van der Waals surface area contributed by atoms with Gasteiger partial charge >= 0.3 is 13.2 Å². The number of ether oxygens (including phenoxy) is 1. The average molecular weight is 1830 g/mol. The molecule has 1 heterocycles. The molecule has 0 bridgehead atoms. The van der Waals surface area contributed by atoms with E-state index in [1.54, 1.807) is 118 Å². The monoisotopic (exact) mass is 1820 g/mol. The number of benzene rings is 6. The minimum atomic E-state index is -3.27. The van der Waals surface area contributed by atoms with E-state index in [1.165, 1.54) is 58.3 Å². The Morgan fingerprint density at radius 2 is 0.887 bits per heavy atom. The van der Waals surface area contributed by atoms with E-state index in [4.69, 9.17) is 24.9 Å². The van der Waals surface area contributed by atoms with Crippen molar-refractivity contribution in [3.8, 4) is 0 Å². The predicted molar refractivity (Wildman–Crippen MR) is 448 cm³/mol. The van der Waals surface area contributed by atoms with Crippen molar-refractivity contribution in [3.05, 3.63) is 195 Å². The van der Waals surface area contributed by atoms with Crippen LogP contribution in [-0.2, 0) is 53.4 Å². The lowest BCUT2D eigenvalue weighted by Crippen LogP contribution is -2.41. The van der Waals surface area contributed by atoms with Crippen molar-refractivity contribution >= 4 is 147 Å². The second kappa shape index (κ2) is 42.3. The van der Waals surface area contributed by atoms with Crippen molar-refractivity contribution in [2.75, 3.05) is 47.3 Å². The van der Waals surface area contributed by atoms with Crippen molar-refractivity contribution < 1.29 is 62.7 Å². The first-order valence-corrected chi connectivity index (χ1v) is 47.3. The van der Waals surface area contributed by atoms with Gasteiger partial charge in [0.05, 0.1) is 79.1 Å². The van der Waals surface area contributed by atoms with E-state index in [2.05, 4.69) is 119 Å². The van der Waals surface area contributed by atoms with E-state index in [-0.39, 0.29) is 53.9 Å². The van der Waals surface area contributed by atoms with Crippen LogP contribution in [0.5, 0.6) is 0 Å². The Morgan fingerprint density at radius 1 is 0.557 bits per heavy atom. The Kier molecular flexibility index (Phi) is 36.4. The lowest BCUT2D eigenvalue weighted by molar-refractivity contribution is 0.00578. The highest BCUT2D eigenvalue weighted by molar-refractivity contribution is 9.11. The number of carbonyl (C=O) groups excluding carboxylic acids is 1. The molecule has 7 fully saturated rings. The molecule has 7 aliphatic rings. The minimum absolute atomic E-state index is 0.145. The second-order valence-corrected chi connectivity index (χ2v) is 42.7. The molecule has 6 saturated carbocycles. The number of alkyl halides is 1. The van der Waals surface area contributed by atoms with E-state index in [0.29, 0.717) is 49.5 Å². The summed E-state index contributed by atoms with van der Waals surface area (Å²) in [5, 5.41) is 22.2. The number of nitrogens with two attached hydrogens (primary N) is 1. The van der Waals surface area contributed by atoms with Gasteiger partial charge in [-0.15, -0.1) is 31.0 Å². The van der Waals surface area contributed by atoms with Gasteiger partial charge in [-0.05, 0) is 287 Å². The number of aliphatic hydroxyl groups excluding tert-OH is 2. The van der Waals surface area contributed by atoms with Crippen LogP contribution < -0.4 is 11.1 Å². The first-order chi connectivity index (χ1) is 49.8. The number of sulfone groups is 4. The van der Waals surface area contributed by atoms with Gasteiger partial charge in [0.25, 0.3) is 0 Å². The zero-order chi connectivity index (χ0) is 78.3. The lowest BCUT2D eigenvalue weighted by Gasteiger charge is -2.32. The fourth-order valence-corrected chi connectivity index (χ4v) is 19.0. The maximum absolute atomic E-state index is 12.2. The summed E-state index contributed by atoms with van der Waals surface area (Å²) in [6, 6.07) is 41.7. The number of rotatable bonds is 23. The molecule has 2 atom stereocenters. The summed E-state index contributed by atoms with van der Waals surface area (Å²) in [4.78, 5) is 15.7. The summed E-state index contributed by atoms with van der Waals surface area (Å²) in [6.45, 7) is 20.1. The molecule has 1 aliphatic heterocycles. The summed E-state index contributed by atoms with van der Waals surface area (Å²) in [5.74, 6) is 7.54. The molecule has 13 rings (SSSR count). The summed E-state index contributed by atoms with van der Waals surface area (Å²) >= 11 is 19.5. The van der Waals surface area contributed by atoms with E-state index in [9.17, 15) is 43.6 Å². The van der Waals surface area contributed by atoms with Gasteiger partial charge in [-0.25, -0.2) is 38.5 Å². The number of amides is 1. The van der Waals surface area contributed by atoms with Gasteiger partial charge < -0.3 is 35.3 Å². The third-order valence-corrected chi connectivity index (χ3v) is 29.5. The minimum Gasteiger partial charge on any atom is -0.444 e. The fraction of sp³-hybridized carbons (Fsp3) is 0.481. The highest BCUT2D eigenvalue weighted by atomic mass is 79.9. The van der Waals surface area contributed by atoms with Crippen LogP contribution in [0.1, 0.15) is 154 Å². The molecule has 6 aromatic carbocycles. The van der Waals surface area contributed by atoms with E-state index in [0.717, 1.165) is 88.2 Å². The molecule has 16 nitrogen and oxygen atoms in total. The van der Waals surface area contributed by atoms with Gasteiger partial charge in [0.15, 0.2) is 39.3 Å². The third kappa shape index (κ3) is 34.5. The highest BCUT2D eigenvalue weighted by Crippen LogP contribution is 2.39. The average Bonchev–Trinajstić information content (AvgIpc) is 1.64. The summed E-state index contributed by atoms with van der Waals surface area (Å²) in [6.07, 6.45) is 15.1. The first-order valence-electron chi connectivity index (χ1n) is 35.7. The number of hydrogen-bond acceptors (Lipinski definition) is 17. The Labute approximate surface area is 675 Å². The molecule has 0 spiro atoms. The molecule has 6 aromatic rings. The zero-order valence-corrected chi connectivity index (χ0v) is 73.0. The fourth-order valence-electron chi connectivity index (χ4n) is 9.56. The Balaban J connectivity index is 0.000000195. The number of carbonyl (C=O) groups is 1. The molecule has 0 aromatic heterocycles. The zero-order valence-electron chi connectivity index (χ0n) is 61.6. The number of nitrogens with one attached hydrogen (secondary N) is 1. The maximum atomic E-state index is 12.2. The predicted octanol–water partition coefficient (Wildman–Crippen LogP) is 18.7. The van der Waals surface area contributed by atoms with Gasteiger partial charge in [-0.3, -0.25) is 0 Å². The molecule has 1 amide bonds. The molecule has 27 heteroatoms. The van der Waals surface area contributed by atoms with Crippen molar-refractivity contribution in [1.82, 2.24) is 5.32 Å². The maximum Gasteiger partial charge on any atom is 0.486 e. The molecule has 0 radical (unpaired) electrons. The number of hydrogen-bond donors (Lipinski definition) is 5. The third-order valence-electron chi connectivity index (χ3n) is 17.8. The Hall–Kier alpha value is -3.65. The van der Waals surface area contributed by atoms with Crippen LogP contribution in [0.15, 0.2) is 208 Å². The van der Waals surface area contributed by atoms with Crippen molar-refractivity contribution in [2.24, 2.45) is 41.2 Å². The van der Waals surface area contributed by atoms with Crippen LogP contribution >= 0.6 is 88.1 Å². The van der Waals surface area contributed by atoms with Gasteiger partial charge in [0, 0.05) is 34.3 Å². The van der Waals surface area contributed by atoms with Gasteiger partial charge in [-0.1, -0.05) is 119 Å². The Morgan fingerprint density at radius 3 is 1.17 bits per heavy atom. The highest BCUT2D eigenvalue weighted by Gasteiger charge is 2.50. The number of thioether (sulfide) groups is 1. The molecule has 0 unspecified atom stereocenters. The van der Waals surface area contributed by atoms with Gasteiger partial charge in [0.2, 0.25) is 0 Å². The molecular weight excluding hydrogens is 1720 g/mol. The van der Waals surface area contributed by atoms with Crippen molar-refractivity contribution in [2.45, 2.75) is 184 Å². The molecule has 106 heavy (non-hydrogen) atoms. The van der Waals surface area contributed by atoms with Crippen LogP contribution in [0.4, 0.5) is 4.79 Å². The molecule has 5 N–H and O–H groups in total. The second-order valence-electron chi connectivity index (χ2n) is 29.6.